The number of aliphatic hydroxyl groups is 1. The van der Waals surface area contributed by atoms with Crippen molar-refractivity contribution in [2.75, 3.05) is 0 Å². The van der Waals surface area contributed by atoms with Crippen molar-refractivity contribution in [1.29, 1.82) is 0 Å². The van der Waals surface area contributed by atoms with Gasteiger partial charge in [0.1, 0.15) is 53.1 Å². The first-order chi connectivity index (χ1) is 55.6. The Bertz CT molecular complexity index is 4130. The molecule has 0 radical (unpaired) electrons. The maximum atomic E-state index is 15.4. The lowest BCUT2D eigenvalue weighted by Crippen LogP contribution is -2.65. The van der Waals surface area contributed by atoms with Crippen molar-refractivity contribution >= 4 is 99.2 Å². The van der Waals surface area contributed by atoms with Gasteiger partial charge >= 0.3 is 5.97 Å². The van der Waals surface area contributed by atoms with Gasteiger partial charge in [0, 0.05) is 62.0 Å². The standard InChI is InChI=1S/C86H126N14O18/c1-14-51(6)71(100-99-53(8)75(87)109)74(108)73(107)52(7)89-76(110)54(9)90-83(117)85(12)41-27-20-18-16-15-17-19-21-28-42-86(13,98-81(115)68(45-57-29-23-22-24-30-57)94-82(116)72(55(10)101)96-80(114)66(44-50(4)5)91-56(11)102)84(118)95-64(38-40-70(105)106)78(112)93-67(46-58-33-36-61(103)37-34-58)79(113)92-65(47-60-48-88-63-32-26-25-31-62(60)63)69(104)39-35-59(43-49(2)3)77(111)97-85/h16,18,22-26,29-34,36-37,48-55,59,64-68,71-72,88,99-101,103H,14-15,17,19-21,27-28,35,38-47H2,1-13H3,(H2,87,109)(H,89,110)(H,90,117)(H,91,102)(H,92,113)(H,93,112)(H,94,116)(H,95,118)(H,96,114)(H,97,111)(H,98,115)(H,105,106)/b18-16+/t51-,52-,53+,54?,55+,59-,64-,65-,66-,67?,68-,71-,72-,85-,86+/m0/s1. The molecule has 0 spiro atoms. The Balaban J connectivity index is 1.58. The number of nitrogens with two attached hydrogens (primary N) is 1. The van der Waals surface area contributed by atoms with Crippen LogP contribution in [0.15, 0.2) is 97.2 Å². The molecule has 648 valence electrons. The van der Waals surface area contributed by atoms with E-state index in [0.717, 1.165) is 0 Å². The minimum atomic E-state index is -1.98. The average Bonchev–Trinajstić information content (AvgIpc) is 1.55. The highest BCUT2D eigenvalue weighted by atomic mass is 16.4. The Morgan fingerprint density at radius 2 is 1.23 bits per heavy atom. The zero-order valence-electron chi connectivity index (χ0n) is 70.4. The number of aliphatic carboxylic acids is 1. The van der Waals surface area contributed by atoms with Crippen LogP contribution in [0.3, 0.4) is 0 Å². The number of fused-ring (bicyclic) bond motifs is 1. The molecular formula is C86H126N14O18. The van der Waals surface area contributed by atoms with Crippen molar-refractivity contribution in [3.05, 3.63) is 114 Å². The third-order valence-corrected chi connectivity index (χ3v) is 21.3. The smallest absolute Gasteiger partial charge is 0.303 e. The van der Waals surface area contributed by atoms with E-state index in [9.17, 15) is 58.5 Å². The molecule has 32 heteroatoms. The Hall–Kier alpha value is -10.7. The lowest BCUT2D eigenvalue weighted by Gasteiger charge is -2.34. The first kappa shape index (κ1) is 97.8. The molecule has 1 aromatic heterocycles. The van der Waals surface area contributed by atoms with E-state index >= 15 is 28.8 Å². The summed E-state index contributed by atoms with van der Waals surface area (Å²) in [5.74, 6) is -14.6. The maximum absolute atomic E-state index is 15.4. The highest BCUT2D eigenvalue weighted by Crippen LogP contribution is 2.27. The Labute approximate surface area is 691 Å². The van der Waals surface area contributed by atoms with Gasteiger partial charge < -0.3 is 79.2 Å². The summed E-state index contributed by atoms with van der Waals surface area (Å²) in [5.41, 5.74) is 9.32. The van der Waals surface area contributed by atoms with Gasteiger partial charge in [-0.2, -0.15) is 0 Å². The fourth-order valence-corrected chi connectivity index (χ4v) is 13.9. The van der Waals surface area contributed by atoms with Crippen molar-refractivity contribution in [2.24, 2.45) is 29.4 Å². The molecular weight excluding hydrogens is 1520 g/mol. The molecule has 0 saturated carbocycles. The summed E-state index contributed by atoms with van der Waals surface area (Å²) in [4.78, 5) is 216. The molecule has 32 nitrogen and oxygen atoms in total. The van der Waals surface area contributed by atoms with Crippen LogP contribution >= 0.6 is 0 Å². The largest absolute Gasteiger partial charge is 0.508 e. The topological polar surface area (TPSA) is 503 Å². The lowest BCUT2D eigenvalue weighted by atomic mass is 9.87. The fraction of sp³-hybridized carbons (Fsp3) is 0.570. The molecule has 4 aromatic rings. The number of phenols is 1. The Morgan fingerprint density at radius 3 is 1.86 bits per heavy atom. The summed E-state index contributed by atoms with van der Waals surface area (Å²) < 4.78 is 0. The van der Waals surface area contributed by atoms with E-state index in [4.69, 9.17) is 5.73 Å². The van der Waals surface area contributed by atoms with Gasteiger partial charge in [-0.05, 0) is 158 Å². The monoisotopic (exact) mass is 1640 g/mol. The number of Topliss-reactive ketones (excluding diaryl/α,β-unsaturated/α-hetero) is 3. The zero-order chi connectivity index (χ0) is 87.7. The number of allylic oxidation sites excluding steroid dienone is 2. The number of para-hydroxylation sites is 1. The summed E-state index contributed by atoms with van der Waals surface area (Å²) in [5, 5.41) is 59.4. The van der Waals surface area contributed by atoms with Crippen LogP contribution < -0.4 is 69.8 Å². The molecule has 15 atom stereocenters. The maximum Gasteiger partial charge on any atom is 0.303 e. The number of H-pyrrole nitrogens is 1. The number of carboxylic acids is 1. The molecule has 0 fully saturated rings. The number of hydrazine groups is 1. The van der Waals surface area contributed by atoms with Gasteiger partial charge in [-0.3, -0.25) is 71.9 Å². The van der Waals surface area contributed by atoms with E-state index in [-0.39, 0.29) is 81.8 Å². The Kier molecular flexibility index (Phi) is 39.5. The van der Waals surface area contributed by atoms with E-state index in [2.05, 4.69) is 69.0 Å². The fourth-order valence-electron chi connectivity index (χ4n) is 13.9. The van der Waals surface area contributed by atoms with Crippen molar-refractivity contribution in [3.8, 4) is 5.75 Å². The molecule has 18 N–H and O–H groups in total. The van der Waals surface area contributed by atoms with Crippen LogP contribution in [0.4, 0.5) is 0 Å². The van der Waals surface area contributed by atoms with Crippen LogP contribution in [0.25, 0.3) is 10.9 Å². The number of amides is 11. The number of carboxylic acid groups (broad SMARTS) is 1. The number of nitrogens with one attached hydrogen (secondary N) is 13. The van der Waals surface area contributed by atoms with E-state index in [1.165, 1.54) is 72.7 Å². The molecule has 118 heavy (non-hydrogen) atoms. The second-order valence-electron chi connectivity index (χ2n) is 32.6. The van der Waals surface area contributed by atoms with Crippen molar-refractivity contribution in [1.82, 2.24) is 69.0 Å². The first-order valence-corrected chi connectivity index (χ1v) is 41.0. The predicted molar refractivity (Wildman–Crippen MR) is 444 cm³/mol. The van der Waals surface area contributed by atoms with Crippen LogP contribution in [-0.4, -0.2) is 186 Å². The number of hydrogen-bond donors (Lipinski definition) is 17. The number of rotatable bonds is 34. The molecule has 0 aliphatic carbocycles. The molecule has 5 rings (SSSR count). The molecule has 0 saturated heterocycles. The van der Waals surface area contributed by atoms with E-state index in [1.807, 2.05) is 52.0 Å². The minimum absolute atomic E-state index is 0.0240. The molecule has 2 heterocycles. The molecule has 3 aromatic carbocycles. The van der Waals surface area contributed by atoms with Gasteiger partial charge in [0.05, 0.1) is 30.3 Å². The van der Waals surface area contributed by atoms with Crippen LogP contribution in [0.1, 0.15) is 209 Å². The number of aromatic amines is 1. The highest BCUT2D eigenvalue weighted by molar-refractivity contribution is 6.41. The number of carbonyl (C=O) groups is 15. The van der Waals surface area contributed by atoms with Crippen LogP contribution in [0.2, 0.25) is 0 Å². The van der Waals surface area contributed by atoms with Crippen molar-refractivity contribution in [2.45, 2.75) is 290 Å². The number of primary amides is 1. The highest BCUT2D eigenvalue weighted by Gasteiger charge is 2.43. The van der Waals surface area contributed by atoms with Gasteiger partial charge in [0.2, 0.25) is 76.5 Å². The predicted octanol–water partition coefficient (Wildman–Crippen LogP) is 4.49. The second kappa shape index (κ2) is 47.6. The lowest BCUT2D eigenvalue weighted by molar-refractivity contribution is -0.141. The number of aromatic hydroxyl groups is 1. The summed E-state index contributed by atoms with van der Waals surface area (Å²) in [7, 11) is 0. The number of aliphatic hydroxyl groups excluding tert-OH is 1. The van der Waals surface area contributed by atoms with Gasteiger partial charge in [0.25, 0.3) is 0 Å². The van der Waals surface area contributed by atoms with Crippen LogP contribution in [0.5, 0.6) is 5.75 Å². The number of aromatic nitrogens is 1. The van der Waals surface area contributed by atoms with Crippen LogP contribution in [-0.2, 0) is 91.2 Å². The number of phenolic OH excluding ortho intramolecular Hbond substituents is 1. The van der Waals surface area contributed by atoms with Gasteiger partial charge in [-0.25, -0.2) is 10.9 Å². The average molecular weight is 1640 g/mol. The minimum Gasteiger partial charge on any atom is -0.508 e. The SMILES string of the molecule is CC[C@H](C)[C@H](NN[C@H](C)C(N)=O)C(=O)C(=O)[C@H](C)NC(=O)C(C)NC(=O)[C@]1(C)CCC/C=C/CCCCCC[C@@](C)(NC(=O)[C@H](Cc2ccccc2)NC(=O)[C@@H](NC(=O)[C@H](CC(C)C)NC(C)=O)[C@@H](C)O)C(=O)N[C@@H](CCC(=O)O)C(=O)NC(Cc2ccc(O)cc2)C(=O)N[C@@H](Cc2c[nH]c3ccccc23)C(=O)CC[C@@H](CC(C)C)C(=O)N1. The number of benzene rings is 3. The molecule has 11 amide bonds. The quantitative estimate of drug-likeness (QED) is 0.0174. The van der Waals surface area contributed by atoms with E-state index in [1.54, 1.807) is 62.5 Å². The van der Waals surface area contributed by atoms with Gasteiger partial charge in [-0.1, -0.05) is 140 Å². The molecule has 0 bridgehead atoms. The zero-order valence-corrected chi connectivity index (χ0v) is 70.4. The number of hydrogen-bond acceptors (Lipinski definition) is 19. The summed E-state index contributed by atoms with van der Waals surface area (Å²) in [6, 6.07) is 7.63. The normalized spacial score (nSPS) is 21.9. The second-order valence-corrected chi connectivity index (χ2v) is 32.6. The van der Waals surface area contributed by atoms with Crippen molar-refractivity contribution < 1.29 is 87.2 Å². The van der Waals surface area contributed by atoms with Gasteiger partial charge in [-0.15, -0.1) is 0 Å². The van der Waals surface area contributed by atoms with E-state index in [0.29, 0.717) is 72.5 Å². The molecule has 2 unspecified atom stereocenters. The summed E-state index contributed by atoms with van der Waals surface area (Å²) in [6.45, 7) is 20.5. The third kappa shape index (κ3) is 31.6. The summed E-state index contributed by atoms with van der Waals surface area (Å²) >= 11 is 0. The van der Waals surface area contributed by atoms with Gasteiger partial charge in [0.15, 0.2) is 5.78 Å². The third-order valence-electron chi connectivity index (χ3n) is 21.3. The molecule has 1 aliphatic rings. The van der Waals surface area contributed by atoms with Crippen molar-refractivity contribution in [3.63, 3.8) is 0 Å². The van der Waals surface area contributed by atoms with E-state index < -0.39 is 191 Å². The molecule has 1 aliphatic heterocycles. The summed E-state index contributed by atoms with van der Waals surface area (Å²) in [6.07, 6.45) is 5.62. The number of carbonyl (C=O) groups excluding carboxylic acids is 14. The van der Waals surface area contributed by atoms with Crippen LogP contribution in [0, 0.1) is 23.7 Å². The number of ketones is 3. The Morgan fingerprint density at radius 1 is 0.593 bits per heavy atom. The first-order valence-electron chi connectivity index (χ1n) is 41.0.